The van der Waals surface area contributed by atoms with Crippen LogP contribution in [0.15, 0.2) is 12.1 Å². The van der Waals surface area contributed by atoms with Gasteiger partial charge in [-0.2, -0.15) is 0 Å². The lowest BCUT2D eigenvalue weighted by Crippen LogP contribution is -2.05. The summed E-state index contributed by atoms with van der Waals surface area (Å²) in [6.45, 7) is 10.8. The molecule has 0 N–H and O–H groups in total. The maximum absolute atomic E-state index is 11.2. The van der Waals surface area contributed by atoms with Crippen LogP contribution in [0.5, 0.6) is 5.75 Å². The van der Waals surface area contributed by atoms with E-state index in [-0.39, 0.29) is 5.78 Å². The van der Waals surface area contributed by atoms with E-state index >= 15 is 0 Å². The van der Waals surface area contributed by atoms with Crippen LogP contribution in [0, 0.1) is 13.8 Å². The topological polar surface area (TPSA) is 26.3 Å². The number of carbonyl (C=O) groups excluding carboxylic acids is 1. The smallest absolute Gasteiger partial charge is 0.129 e. The molecule has 19 heavy (non-hydrogen) atoms. The SMILES string of the molecule is CCOc1ccc(C(CC)CCC(C)=O)c(C)c1C. The van der Waals surface area contributed by atoms with Gasteiger partial charge in [0.1, 0.15) is 11.5 Å². The fourth-order valence-corrected chi connectivity index (χ4v) is 2.53. The van der Waals surface area contributed by atoms with Crippen LogP contribution in [0.1, 0.15) is 62.6 Å². The molecule has 0 bridgehead atoms. The molecule has 0 aromatic heterocycles. The number of ether oxygens (including phenoxy) is 1. The Bertz CT molecular complexity index is 435. The van der Waals surface area contributed by atoms with E-state index in [1.807, 2.05) is 6.92 Å². The average Bonchev–Trinajstić information content (AvgIpc) is 2.37. The fourth-order valence-electron chi connectivity index (χ4n) is 2.53. The summed E-state index contributed by atoms with van der Waals surface area (Å²) in [5, 5.41) is 0. The predicted octanol–water partition coefficient (Wildman–Crippen LogP) is 4.56. The van der Waals surface area contributed by atoms with Gasteiger partial charge in [0, 0.05) is 6.42 Å². The van der Waals surface area contributed by atoms with Crippen molar-refractivity contribution in [2.75, 3.05) is 6.61 Å². The highest BCUT2D eigenvalue weighted by atomic mass is 16.5. The van der Waals surface area contributed by atoms with Crippen molar-refractivity contribution < 1.29 is 9.53 Å². The third-order valence-electron chi connectivity index (χ3n) is 3.86. The predicted molar refractivity (Wildman–Crippen MR) is 80.0 cm³/mol. The average molecular weight is 262 g/mol. The molecule has 0 saturated carbocycles. The van der Waals surface area contributed by atoms with Crippen molar-refractivity contribution in [3.05, 3.63) is 28.8 Å². The Labute approximate surface area is 117 Å². The zero-order chi connectivity index (χ0) is 14.4. The van der Waals surface area contributed by atoms with Gasteiger partial charge in [-0.1, -0.05) is 13.0 Å². The number of benzene rings is 1. The van der Waals surface area contributed by atoms with Crippen LogP contribution in [-0.2, 0) is 4.79 Å². The Morgan fingerprint density at radius 2 is 1.89 bits per heavy atom. The summed E-state index contributed by atoms with van der Waals surface area (Å²) in [6.07, 6.45) is 2.69. The lowest BCUT2D eigenvalue weighted by molar-refractivity contribution is -0.117. The molecule has 0 spiro atoms. The van der Waals surface area contributed by atoms with Gasteiger partial charge in [-0.25, -0.2) is 0 Å². The first kappa shape index (κ1) is 15.7. The molecule has 0 fully saturated rings. The van der Waals surface area contributed by atoms with Gasteiger partial charge in [0.2, 0.25) is 0 Å². The van der Waals surface area contributed by atoms with E-state index in [0.29, 0.717) is 18.9 Å². The second kappa shape index (κ2) is 7.32. The molecule has 1 aromatic carbocycles. The molecule has 1 aromatic rings. The second-order valence-electron chi connectivity index (χ2n) is 5.18. The van der Waals surface area contributed by atoms with Gasteiger partial charge in [0.15, 0.2) is 0 Å². The van der Waals surface area contributed by atoms with Crippen molar-refractivity contribution in [2.24, 2.45) is 0 Å². The quantitative estimate of drug-likeness (QED) is 0.719. The van der Waals surface area contributed by atoms with E-state index in [2.05, 4.69) is 32.9 Å². The van der Waals surface area contributed by atoms with Crippen molar-refractivity contribution >= 4 is 5.78 Å². The molecule has 0 amide bonds. The van der Waals surface area contributed by atoms with Crippen molar-refractivity contribution in [1.82, 2.24) is 0 Å². The lowest BCUT2D eigenvalue weighted by Gasteiger charge is -2.20. The van der Waals surface area contributed by atoms with Crippen molar-refractivity contribution in [1.29, 1.82) is 0 Å². The van der Waals surface area contributed by atoms with E-state index in [1.165, 1.54) is 16.7 Å². The second-order valence-corrected chi connectivity index (χ2v) is 5.18. The van der Waals surface area contributed by atoms with Gasteiger partial charge in [-0.15, -0.1) is 0 Å². The lowest BCUT2D eigenvalue weighted by atomic mass is 9.86. The first-order valence-corrected chi connectivity index (χ1v) is 7.23. The van der Waals surface area contributed by atoms with E-state index in [4.69, 9.17) is 4.74 Å². The standard InChI is InChI=1S/C17H26O2/c1-6-15(9-8-12(3)18)16-10-11-17(19-7-2)14(5)13(16)4/h10-11,15H,6-9H2,1-5H3. The normalized spacial score (nSPS) is 12.3. The van der Waals surface area contributed by atoms with E-state index in [1.54, 1.807) is 6.92 Å². The van der Waals surface area contributed by atoms with Crippen LogP contribution >= 0.6 is 0 Å². The third-order valence-corrected chi connectivity index (χ3v) is 3.86. The highest BCUT2D eigenvalue weighted by Gasteiger charge is 2.15. The zero-order valence-corrected chi connectivity index (χ0v) is 12.9. The van der Waals surface area contributed by atoms with E-state index in [9.17, 15) is 4.79 Å². The molecule has 0 saturated heterocycles. The summed E-state index contributed by atoms with van der Waals surface area (Å²) in [4.78, 5) is 11.2. The highest BCUT2D eigenvalue weighted by Crippen LogP contribution is 2.32. The van der Waals surface area contributed by atoms with E-state index in [0.717, 1.165) is 18.6 Å². The molecule has 2 heteroatoms. The summed E-state index contributed by atoms with van der Waals surface area (Å²) < 4.78 is 5.63. The minimum absolute atomic E-state index is 0.277. The van der Waals surface area contributed by atoms with Crippen LogP contribution in [-0.4, -0.2) is 12.4 Å². The molecule has 1 rings (SSSR count). The molecule has 0 aliphatic carbocycles. The molecular weight excluding hydrogens is 236 g/mol. The van der Waals surface area contributed by atoms with Gasteiger partial charge in [-0.05, 0) is 69.2 Å². The van der Waals surface area contributed by atoms with Gasteiger partial charge < -0.3 is 9.53 Å². The van der Waals surface area contributed by atoms with E-state index < -0.39 is 0 Å². The fraction of sp³-hybridized carbons (Fsp3) is 0.588. The number of rotatable bonds is 7. The third kappa shape index (κ3) is 4.09. The summed E-state index contributed by atoms with van der Waals surface area (Å²) in [7, 11) is 0. The van der Waals surface area contributed by atoms with Crippen LogP contribution < -0.4 is 4.74 Å². The van der Waals surface area contributed by atoms with Gasteiger partial charge >= 0.3 is 0 Å². The van der Waals surface area contributed by atoms with Crippen LogP contribution in [0.4, 0.5) is 0 Å². The Hall–Kier alpha value is -1.31. The number of hydrogen-bond acceptors (Lipinski definition) is 2. The minimum atomic E-state index is 0.277. The maximum atomic E-state index is 11.2. The largest absolute Gasteiger partial charge is 0.494 e. The zero-order valence-electron chi connectivity index (χ0n) is 12.9. The summed E-state index contributed by atoms with van der Waals surface area (Å²) >= 11 is 0. The maximum Gasteiger partial charge on any atom is 0.129 e. The Balaban J connectivity index is 2.98. The summed E-state index contributed by atoms with van der Waals surface area (Å²) in [5.74, 6) is 1.72. The van der Waals surface area contributed by atoms with Crippen LogP contribution in [0.2, 0.25) is 0 Å². The van der Waals surface area contributed by atoms with Crippen molar-refractivity contribution in [3.63, 3.8) is 0 Å². The number of hydrogen-bond donors (Lipinski definition) is 0. The molecule has 2 nitrogen and oxygen atoms in total. The summed E-state index contributed by atoms with van der Waals surface area (Å²) in [5.41, 5.74) is 3.90. The molecule has 0 aliphatic rings. The highest BCUT2D eigenvalue weighted by molar-refractivity contribution is 5.75. The molecule has 0 radical (unpaired) electrons. The molecule has 1 atom stereocenters. The van der Waals surface area contributed by atoms with Crippen LogP contribution in [0.25, 0.3) is 0 Å². The summed E-state index contributed by atoms with van der Waals surface area (Å²) in [6, 6.07) is 4.24. The number of Topliss-reactive ketones (excluding diaryl/α,β-unsaturated/α-hetero) is 1. The minimum Gasteiger partial charge on any atom is -0.494 e. The Morgan fingerprint density at radius 1 is 1.21 bits per heavy atom. The van der Waals surface area contributed by atoms with Crippen molar-refractivity contribution in [2.45, 2.75) is 59.8 Å². The Kier molecular flexibility index (Phi) is 6.07. The first-order valence-electron chi connectivity index (χ1n) is 7.23. The molecule has 0 aliphatic heterocycles. The molecule has 0 heterocycles. The van der Waals surface area contributed by atoms with Crippen molar-refractivity contribution in [3.8, 4) is 5.75 Å². The van der Waals surface area contributed by atoms with Gasteiger partial charge in [0.05, 0.1) is 6.61 Å². The number of carbonyl (C=O) groups is 1. The van der Waals surface area contributed by atoms with Gasteiger partial charge in [-0.3, -0.25) is 0 Å². The monoisotopic (exact) mass is 262 g/mol. The molecular formula is C17H26O2. The Morgan fingerprint density at radius 3 is 2.42 bits per heavy atom. The first-order chi connectivity index (χ1) is 9.01. The number of ketones is 1. The molecule has 106 valence electrons. The van der Waals surface area contributed by atoms with Crippen LogP contribution in [0.3, 0.4) is 0 Å². The molecule has 1 unspecified atom stereocenters. The van der Waals surface area contributed by atoms with Gasteiger partial charge in [0.25, 0.3) is 0 Å².